The first-order valence-electron chi connectivity index (χ1n) is 8.69. The van der Waals surface area contributed by atoms with Crippen LogP contribution < -0.4 is 10.6 Å². The molecule has 0 aliphatic heterocycles. The number of aromatic amines is 1. The van der Waals surface area contributed by atoms with E-state index in [4.69, 9.17) is 0 Å². The Bertz CT molecular complexity index is 915. The van der Waals surface area contributed by atoms with Gasteiger partial charge in [0, 0.05) is 30.1 Å². The highest BCUT2D eigenvalue weighted by atomic mass is 16.2. The molecule has 3 N–H and O–H groups in total. The van der Waals surface area contributed by atoms with Crippen molar-refractivity contribution in [3.63, 3.8) is 0 Å². The molecular weight excluding hydrogens is 326 g/mol. The van der Waals surface area contributed by atoms with E-state index in [1.54, 1.807) is 7.05 Å². The normalized spacial score (nSPS) is 11.9. The maximum Gasteiger partial charge on any atom is 0.242 e. The summed E-state index contributed by atoms with van der Waals surface area (Å²) < 4.78 is 0. The number of rotatable bonds is 6. The minimum atomic E-state index is -0.597. The summed E-state index contributed by atoms with van der Waals surface area (Å²) in [7, 11) is 1.58. The summed E-state index contributed by atoms with van der Waals surface area (Å²) in [6.45, 7) is 1.96. The molecule has 0 spiro atoms. The molecule has 0 saturated carbocycles. The van der Waals surface area contributed by atoms with Gasteiger partial charge in [0.1, 0.15) is 6.04 Å². The molecule has 0 aliphatic carbocycles. The Morgan fingerprint density at radius 3 is 2.46 bits per heavy atom. The number of para-hydroxylation sites is 1. The SMILES string of the molecule is CNC(=O)C(Cc1ccccc1)NC(=O)Cc1c(C)[nH]c2ccccc12. The summed E-state index contributed by atoms with van der Waals surface area (Å²) >= 11 is 0. The lowest BCUT2D eigenvalue weighted by molar-refractivity contribution is -0.128. The molecule has 2 amide bonds. The molecule has 1 atom stereocenters. The van der Waals surface area contributed by atoms with Crippen LogP contribution in [0.1, 0.15) is 16.8 Å². The van der Waals surface area contributed by atoms with Crippen molar-refractivity contribution >= 4 is 22.7 Å². The van der Waals surface area contributed by atoms with Crippen LogP contribution >= 0.6 is 0 Å². The van der Waals surface area contributed by atoms with Crippen LogP contribution in [-0.2, 0) is 22.4 Å². The largest absolute Gasteiger partial charge is 0.358 e. The zero-order valence-electron chi connectivity index (χ0n) is 15.0. The number of hydrogen-bond acceptors (Lipinski definition) is 2. The van der Waals surface area contributed by atoms with Crippen molar-refractivity contribution in [2.75, 3.05) is 7.05 Å². The number of hydrogen-bond donors (Lipinski definition) is 3. The third-order valence-corrected chi connectivity index (χ3v) is 4.55. The van der Waals surface area contributed by atoms with Gasteiger partial charge in [-0.15, -0.1) is 0 Å². The highest BCUT2D eigenvalue weighted by Crippen LogP contribution is 2.22. The van der Waals surface area contributed by atoms with E-state index in [2.05, 4.69) is 15.6 Å². The molecule has 5 nitrogen and oxygen atoms in total. The van der Waals surface area contributed by atoms with Gasteiger partial charge in [-0.05, 0) is 24.1 Å². The van der Waals surface area contributed by atoms with Crippen LogP contribution in [0.15, 0.2) is 54.6 Å². The van der Waals surface area contributed by atoms with Crippen molar-refractivity contribution in [3.8, 4) is 0 Å². The monoisotopic (exact) mass is 349 g/mol. The smallest absolute Gasteiger partial charge is 0.242 e. The summed E-state index contributed by atoms with van der Waals surface area (Å²) in [6, 6.07) is 17.0. The van der Waals surface area contributed by atoms with Gasteiger partial charge in [0.2, 0.25) is 11.8 Å². The maximum absolute atomic E-state index is 12.6. The van der Waals surface area contributed by atoms with Crippen molar-refractivity contribution < 1.29 is 9.59 Å². The molecule has 3 rings (SSSR count). The van der Waals surface area contributed by atoms with Crippen LogP contribution in [0.4, 0.5) is 0 Å². The molecule has 1 aromatic heterocycles. The van der Waals surface area contributed by atoms with Crippen LogP contribution in [0.2, 0.25) is 0 Å². The molecular formula is C21H23N3O2. The van der Waals surface area contributed by atoms with Crippen molar-refractivity contribution in [2.45, 2.75) is 25.8 Å². The Balaban J connectivity index is 1.75. The minimum absolute atomic E-state index is 0.164. The van der Waals surface area contributed by atoms with E-state index in [-0.39, 0.29) is 18.2 Å². The first kappa shape index (κ1) is 17.7. The van der Waals surface area contributed by atoms with E-state index in [9.17, 15) is 9.59 Å². The lowest BCUT2D eigenvalue weighted by atomic mass is 10.0. The number of aromatic nitrogens is 1. The van der Waals surface area contributed by atoms with Crippen molar-refractivity contribution in [1.82, 2.24) is 15.6 Å². The lowest BCUT2D eigenvalue weighted by Gasteiger charge is -2.17. The first-order chi connectivity index (χ1) is 12.6. The van der Waals surface area contributed by atoms with E-state index in [1.165, 1.54) is 0 Å². The number of nitrogens with one attached hydrogen (secondary N) is 3. The molecule has 0 bridgehead atoms. The third kappa shape index (κ3) is 3.94. The maximum atomic E-state index is 12.6. The molecule has 1 unspecified atom stereocenters. The van der Waals surface area contributed by atoms with Gasteiger partial charge in [0.05, 0.1) is 6.42 Å². The molecule has 0 saturated heterocycles. The van der Waals surface area contributed by atoms with Gasteiger partial charge in [-0.3, -0.25) is 9.59 Å². The Hall–Kier alpha value is -3.08. The second-order valence-corrected chi connectivity index (χ2v) is 6.37. The number of fused-ring (bicyclic) bond motifs is 1. The van der Waals surface area contributed by atoms with E-state index >= 15 is 0 Å². The fraction of sp³-hybridized carbons (Fsp3) is 0.238. The van der Waals surface area contributed by atoms with Gasteiger partial charge < -0.3 is 15.6 Å². The quantitative estimate of drug-likeness (QED) is 0.640. The summed E-state index contributed by atoms with van der Waals surface area (Å²) in [5.74, 6) is -0.361. The Labute approximate surface area is 152 Å². The predicted molar refractivity (Wildman–Crippen MR) is 103 cm³/mol. The molecule has 3 aromatic rings. The summed E-state index contributed by atoms with van der Waals surface area (Å²) in [4.78, 5) is 28.1. The fourth-order valence-corrected chi connectivity index (χ4v) is 3.20. The van der Waals surface area contributed by atoms with E-state index in [0.29, 0.717) is 6.42 Å². The number of carbonyl (C=O) groups is 2. The summed E-state index contributed by atoms with van der Waals surface area (Å²) in [5, 5.41) is 6.55. The van der Waals surface area contributed by atoms with E-state index in [0.717, 1.165) is 27.7 Å². The Morgan fingerprint density at radius 2 is 1.73 bits per heavy atom. The highest BCUT2D eigenvalue weighted by Gasteiger charge is 2.21. The zero-order valence-corrected chi connectivity index (χ0v) is 15.0. The molecule has 2 aromatic carbocycles. The molecule has 134 valence electrons. The Morgan fingerprint density at radius 1 is 1.04 bits per heavy atom. The highest BCUT2D eigenvalue weighted by molar-refractivity contribution is 5.92. The molecule has 0 fully saturated rings. The summed E-state index contributed by atoms with van der Waals surface area (Å²) in [5.41, 5.74) is 3.96. The van der Waals surface area contributed by atoms with Gasteiger partial charge in [-0.25, -0.2) is 0 Å². The van der Waals surface area contributed by atoms with Gasteiger partial charge in [-0.2, -0.15) is 0 Å². The van der Waals surface area contributed by atoms with E-state index in [1.807, 2.05) is 61.5 Å². The average molecular weight is 349 g/mol. The second-order valence-electron chi connectivity index (χ2n) is 6.37. The van der Waals surface area contributed by atoms with Crippen LogP contribution in [-0.4, -0.2) is 29.9 Å². The van der Waals surface area contributed by atoms with Crippen molar-refractivity contribution in [1.29, 1.82) is 0 Å². The zero-order chi connectivity index (χ0) is 18.5. The summed E-state index contributed by atoms with van der Waals surface area (Å²) in [6.07, 6.45) is 0.692. The number of benzene rings is 2. The van der Waals surface area contributed by atoms with Crippen LogP contribution in [0.3, 0.4) is 0 Å². The van der Waals surface area contributed by atoms with Crippen molar-refractivity contribution in [3.05, 3.63) is 71.4 Å². The van der Waals surface area contributed by atoms with Gasteiger partial charge in [-0.1, -0.05) is 48.5 Å². The number of amides is 2. The van der Waals surface area contributed by atoms with Crippen LogP contribution in [0.25, 0.3) is 10.9 Å². The van der Waals surface area contributed by atoms with Gasteiger partial charge in [0.15, 0.2) is 0 Å². The molecule has 0 radical (unpaired) electrons. The van der Waals surface area contributed by atoms with Gasteiger partial charge in [0.25, 0.3) is 0 Å². The first-order valence-corrected chi connectivity index (χ1v) is 8.69. The number of H-pyrrole nitrogens is 1. The molecule has 0 aliphatic rings. The standard InChI is InChI=1S/C21H23N3O2/c1-14-17(16-10-6-7-11-18(16)23-14)13-20(25)24-19(21(26)22-2)12-15-8-4-3-5-9-15/h3-11,19,23H,12-13H2,1-2H3,(H,22,26)(H,24,25). The number of likely N-dealkylation sites (N-methyl/N-ethyl adjacent to an activating group) is 1. The fourth-order valence-electron chi connectivity index (χ4n) is 3.20. The third-order valence-electron chi connectivity index (χ3n) is 4.55. The molecule has 1 heterocycles. The van der Waals surface area contributed by atoms with Crippen molar-refractivity contribution in [2.24, 2.45) is 0 Å². The van der Waals surface area contributed by atoms with Gasteiger partial charge >= 0.3 is 0 Å². The van der Waals surface area contributed by atoms with Crippen LogP contribution in [0.5, 0.6) is 0 Å². The van der Waals surface area contributed by atoms with Crippen LogP contribution in [0, 0.1) is 6.92 Å². The Kier molecular flexibility index (Phi) is 5.37. The lowest BCUT2D eigenvalue weighted by Crippen LogP contribution is -2.47. The number of carbonyl (C=O) groups excluding carboxylic acids is 2. The van der Waals surface area contributed by atoms with E-state index < -0.39 is 6.04 Å². The predicted octanol–water partition coefficient (Wildman–Crippen LogP) is 2.49. The second kappa shape index (κ2) is 7.87. The average Bonchev–Trinajstić information content (AvgIpc) is 2.97. The molecule has 5 heteroatoms. The topological polar surface area (TPSA) is 74.0 Å². The molecule has 26 heavy (non-hydrogen) atoms. The minimum Gasteiger partial charge on any atom is -0.358 e. The number of aryl methyl sites for hydroxylation is 1.